The predicted octanol–water partition coefficient (Wildman–Crippen LogP) is 6.76. The van der Waals surface area contributed by atoms with Crippen molar-refractivity contribution < 1.29 is 19.1 Å². The molecule has 2 aromatic carbocycles. The molecule has 0 bridgehead atoms. The maximum Gasteiger partial charge on any atom is 0.291 e. The first-order valence-electron chi connectivity index (χ1n) is 10.7. The standard InChI is InChI=1S/C26H31NO4/c1-6-17(4)19-7-9-20(10-8-19)30-15-21-11-12-25(31-21)26(29)27-23-14-22(16(2)3)24(28)13-18(23)5/h7-14,16-17,28H,6,15H2,1-5H3,(H,27,29). The zero-order chi connectivity index (χ0) is 22.5. The summed E-state index contributed by atoms with van der Waals surface area (Å²) in [6, 6.07) is 14.9. The molecule has 0 aliphatic heterocycles. The number of anilines is 1. The van der Waals surface area contributed by atoms with Crippen molar-refractivity contribution in [3.8, 4) is 11.5 Å². The van der Waals surface area contributed by atoms with Crippen molar-refractivity contribution in [1.82, 2.24) is 0 Å². The number of phenolic OH excluding ortho intramolecular Hbond substituents is 1. The Balaban J connectivity index is 1.63. The van der Waals surface area contributed by atoms with Gasteiger partial charge in [0.2, 0.25) is 0 Å². The third kappa shape index (κ3) is 5.48. The number of hydrogen-bond acceptors (Lipinski definition) is 4. The van der Waals surface area contributed by atoms with Gasteiger partial charge in [0.25, 0.3) is 5.91 Å². The molecule has 1 unspecified atom stereocenters. The molecule has 0 spiro atoms. The third-order valence-electron chi connectivity index (χ3n) is 5.57. The molecule has 0 aliphatic carbocycles. The molecule has 1 atom stereocenters. The van der Waals surface area contributed by atoms with Gasteiger partial charge in [0, 0.05) is 5.69 Å². The van der Waals surface area contributed by atoms with Gasteiger partial charge in [-0.1, -0.05) is 39.8 Å². The smallest absolute Gasteiger partial charge is 0.291 e. The number of aromatic hydroxyl groups is 1. The molecule has 3 aromatic rings. The molecule has 0 fully saturated rings. The number of rotatable bonds is 8. The average Bonchev–Trinajstić information content (AvgIpc) is 3.23. The molecular weight excluding hydrogens is 390 g/mol. The Morgan fingerprint density at radius 3 is 2.45 bits per heavy atom. The molecule has 1 amide bonds. The van der Waals surface area contributed by atoms with Gasteiger partial charge in [0.15, 0.2) is 5.76 Å². The lowest BCUT2D eigenvalue weighted by Crippen LogP contribution is -2.12. The quantitative estimate of drug-likeness (QED) is 0.394. The van der Waals surface area contributed by atoms with Crippen LogP contribution in [0.15, 0.2) is 52.9 Å². The van der Waals surface area contributed by atoms with Crippen molar-refractivity contribution in [2.24, 2.45) is 0 Å². The molecular formula is C26H31NO4. The fourth-order valence-electron chi connectivity index (χ4n) is 3.35. The Hall–Kier alpha value is -3.21. The zero-order valence-electron chi connectivity index (χ0n) is 18.9. The van der Waals surface area contributed by atoms with Crippen molar-refractivity contribution in [3.05, 3.63) is 76.7 Å². The van der Waals surface area contributed by atoms with Crippen LogP contribution < -0.4 is 10.1 Å². The number of ether oxygens (including phenoxy) is 1. The molecule has 5 heteroatoms. The number of furan rings is 1. The molecule has 5 nitrogen and oxygen atoms in total. The van der Waals surface area contributed by atoms with E-state index < -0.39 is 0 Å². The van der Waals surface area contributed by atoms with Crippen LogP contribution in [-0.2, 0) is 6.61 Å². The van der Waals surface area contributed by atoms with Gasteiger partial charge >= 0.3 is 0 Å². The average molecular weight is 422 g/mol. The lowest BCUT2D eigenvalue weighted by atomic mass is 9.99. The van der Waals surface area contributed by atoms with E-state index in [-0.39, 0.29) is 29.9 Å². The number of hydrogen-bond donors (Lipinski definition) is 2. The molecule has 0 saturated heterocycles. The van der Waals surface area contributed by atoms with Crippen molar-refractivity contribution >= 4 is 11.6 Å². The molecule has 1 heterocycles. The second kappa shape index (κ2) is 9.73. The minimum Gasteiger partial charge on any atom is -0.508 e. The van der Waals surface area contributed by atoms with Gasteiger partial charge in [0.05, 0.1) is 0 Å². The molecule has 0 radical (unpaired) electrons. The minimum atomic E-state index is -0.340. The van der Waals surface area contributed by atoms with Gasteiger partial charge in [-0.2, -0.15) is 0 Å². The van der Waals surface area contributed by atoms with Gasteiger partial charge in [-0.25, -0.2) is 0 Å². The number of phenols is 1. The van der Waals surface area contributed by atoms with Gasteiger partial charge in [-0.3, -0.25) is 4.79 Å². The SMILES string of the molecule is CCC(C)c1ccc(OCc2ccc(C(=O)Nc3cc(C(C)C)c(O)cc3C)o2)cc1. The number of nitrogens with one attached hydrogen (secondary N) is 1. The summed E-state index contributed by atoms with van der Waals surface area (Å²) in [6.07, 6.45) is 1.10. The van der Waals surface area contributed by atoms with Crippen LogP contribution in [0.4, 0.5) is 5.69 Å². The van der Waals surface area contributed by atoms with E-state index >= 15 is 0 Å². The van der Waals surface area contributed by atoms with E-state index in [1.54, 1.807) is 18.2 Å². The maximum absolute atomic E-state index is 12.6. The summed E-state index contributed by atoms with van der Waals surface area (Å²) in [4.78, 5) is 12.6. The minimum absolute atomic E-state index is 0.142. The van der Waals surface area contributed by atoms with Crippen LogP contribution in [0.3, 0.4) is 0 Å². The molecule has 1 aromatic heterocycles. The highest BCUT2D eigenvalue weighted by atomic mass is 16.5. The van der Waals surface area contributed by atoms with Crippen LogP contribution in [0.5, 0.6) is 11.5 Å². The predicted molar refractivity (Wildman–Crippen MR) is 123 cm³/mol. The molecule has 2 N–H and O–H groups in total. The lowest BCUT2D eigenvalue weighted by molar-refractivity contribution is 0.0992. The summed E-state index contributed by atoms with van der Waals surface area (Å²) in [5.41, 5.74) is 3.51. The molecule has 164 valence electrons. The highest BCUT2D eigenvalue weighted by molar-refractivity contribution is 6.02. The third-order valence-corrected chi connectivity index (χ3v) is 5.57. The number of benzene rings is 2. The van der Waals surface area contributed by atoms with Gasteiger partial charge in [-0.15, -0.1) is 0 Å². The van der Waals surface area contributed by atoms with E-state index in [2.05, 4.69) is 31.3 Å². The Morgan fingerprint density at radius 1 is 1.10 bits per heavy atom. The van der Waals surface area contributed by atoms with E-state index in [0.29, 0.717) is 17.4 Å². The second-order valence-corrected chi connectivity index (χ2v) is 8.27. The van der Waals surface area contributed by atoms with E-state index in [4.69, 9.17) is 9.15 Å². The first-order chi connectivity index (χ1) is 14.8. The van der Waals surface area contributed by atoms with Crippen LogP contribution in [0.2, 0.25) is 0 Å². The van der Waals surface area contributed by atoms with E-state index in [0.717, 1.165) is 23.3 Å². The highest BCUT2D eigenvalue weighted by Crippen LogP contribution is 2.31. The monoisotopic (exact) mass is 421 g/mol. The van der Waals surface area contributed by atoms with Crippen LogP contribution in [0, 0.1) is 6.92 Å². The maximum atomic E-state index is 12.6. The van der Waals surface area contributed by atoms with Gasteiger partial charge in [0.1, 0.15) is 23.9 Å². The largest absolute Gasteiger partial charge is 0.508 e. The summed E-state index contributed by atoms with van der Waals surface area (Å²) in [7, 11) is 0. The topological polar surface area (TPSA) is 71.7 Å². The summed E-state index contributed by atoms with van der Waals surface area (Å²) in [5, 5.41) is 13.0. The molecule has 0 saturated carbocycles. The first kappa shape index (κ1) is 22.5. The Labute approximate surface area is 184 Å². The molecule has 31 heavy (non-hydrogen) atoms. The highest BCUT2D eigenvalue weighted by Gasteiger charge is 2.16. The number of carbonyl (C=O) groups is 1. The van der Waals surface area contributed by atoms with Crippen molar-refractivity contribution in [2.75, 3.05) is 5.32 Å². The normalized spacial score (nSPS) is 12.1. The summed E-state index contributed by atoms with van der Waals surface area (Å²) < 4.78 is 11.5. The fraction of sp³-hybridized carbons (Fsp3) is 0.346. The number of carbonyl (C=O) groups excluding carboxylic acids is 1. The Kier molecular flexibility index (Phi) is 7.06. The number of amides is 1. The van der Waals surface area contributed by atoms with Crippen LogP contribution in [-0.4, -0.2) is 11.0 Å². The van der Waals surface area contributed by atoms with Crippen molar-refractivity contribution in [2.45, 2.75) is 59.5 Å². The molecule has 0 aliphatic rings. The van der Waals surface area contributed by atoms with E-state index in [1.165, 1.54) is 5.56 Å². The van der Waals surface area contributed by atoms with E-state index in [9.17, 15) is 9.90 Å². The van der Waals surface area contributed by atoms with Crippen LogP contribution in [0.25, 0.3) is 0 Å². The Morgan fingerprint density at radius 2 is 1.81 bits per heavy atom. The summed E-state index contributed by atoms with van der Waals surface area (Å²) in [5.74, 6) is 2.10. The first-order valence-corrected chi connectivity index (χ1v) is 10.7. The Bertz CT molecular complexity index is 1030. The van der Waals surface area contributed by atoms with Crippen LogP contribution in [0.1, 0.15) is 79.0 Å². The lowest BCUT2D eigenvalue weighted by Gasteiger charge is -2.14. The van der Waals surface area contributed by atoms with Crippen molar-refractivity contribution in [3.63, 3.8) is 0 Å². The van der Waals surface area contributed by atoms with Gasteiger partial charge < -0.3 is 19.6 Å². The second-order valence-electron chi connectivity index (χ2n) is 8.27. The molecule has 3 rings (SSSR count). The van der Waals surface area contributed by atoms with Gasteiger partial charge in [-0.05, 0) is 78.3 Å². The van der Waals surface area contributed by atoms with Crippen molar-refractivity contribution in [1.29, 1.82) is 0 Å². The zero-order valence-corrected chi connectivity index (χ0v) is 18.9. The summed E-state index contributed by atoms with van der Waals surface area (Å²) >= 11 is 0. The summed E-state index contributed by atoms with van der Waals surface area (Å²) in [6.45, 7) is 10.4. The fourth-order valence-corrected chi connectivity index (χ4v) is 3.35. The van der Waals surface area contributed by atoms with E-state index in [1.807, 2.05) is 39.0 Å². The number of aryl methyl sites for hydroxylation is 1. The van der Waals surface area contributed by atoms with Crippen LogP contribution >= 0.6 is 0 Å².